The first kappa shape index (κ1) is 9.80. The molecule has 4 heteroatoms. The lowest BCUT2D eigenvalue weighted by Gasteiger charge is -1.96. The van der Waals surface area contributed by atoms with Gasteiger partial charge in [0.05, 0.1) is 22.3 Å². The Bertz CT molecular complexity index is 377. The van der Waals surface area contributed by atoms with Crippen molar-refractivity contribution in [3.63, 3.8) is 0 Å². The summed E-state index contributed by atoms with van der Waals surface area (Å²) in [5.41, 5.74) is 0. The van der Waals surface area contributed by atoms with Gasteiger partial charge in [-0.2, -0.15) is 0 Å². The van der Waals surface area contributed by atoms with Gasteiger partial charge in [-0.15, -0.1) is 0 Å². The fourth-order valence-electron chi connectivity index (χ4n) is 1.01. The molecule has 2 nitrogen and oxygen atoms in total. The van der Waals surface area contributed by atoms with Crippen LogP contribution in [0, 0.1) is 13.8 Å². The van der Waals surface area contributed by atoms with Gasteiger partial charge < -0.3 is 8.83 Å². The molecular weight excluding hydrogens is 216 g/mol. The van der Waals surface area contributed by atoms with E-state index >= 15 is 0 Å². The lowest BCUT2D eigenvalue weighted by molar-refractivity contribution is 0.526. The first-order chi connectivity index (χ1) is 6.77. The molecule has 0 amide bonds. The zero-order chi connectivity index (χ0) is 9.97. The molecule has 0 unspecified atom stereocenters. The number of hydrogen-bond donors (Lipinski definition) is 0. The molecule has 0 aromatic carbocycles. The Kier molecular flexibility index (Phi) is 2.93. The van der Waals surface area contributed by atoms with E-state index in [4.69, 9.17) is 8.83 Å². The van der Waals surface area contributed by atoms with E-state index in [1.54, 1.807) is 34.1 Å². The van der Waals surface area contributed by atoms with Crippen LogP contribution in [0.15, 0.2) is 43.3 Å². The predicted octanol–water partition coefficient (Wildman–Crippen LogP) is 4.29. The van der Waals surface area contributed by atoms with Crippen molar-refractivity contribution < 1.29 is 8.83 Å². The minimum atomic E-state index is 0.962. The van der Waals surface area contributed by atoms with Crippen LogP contribution in [0.25, 0.3) is 0 Å². The van der Waals surface area contributed by atoms with Gasteiger partial charge in [0, 0.05) is 0 Å². The molecule has 2 aromatic rings. The van der Waals surface area contributed by atoms with E-state index in [1.807, 2.05) is 26.0 Å². The van der Waals surface area contributed by atoms with Crippen LogP contribution >= 0.6 is 21.6 Å². The summed E-state index contributed by atoms with van der Waals surface area (Å²) in [6, 6.07) is 3.95. The average molecular weight is 226 g/mol. The van der Waals surface area contributed by atoms with Crippen molar-refractivity contribution in [2.75, 3.05) is 0 Å². The smallest absolute Gasteiger partial charge is 0.115 e. The third-order valence-corrected chi connectivity index (χ3v) is 4.46. The Labute approximate surface area is 90.5 Å². The van der Waals surface area contributed by atoms with Gasteiger partial charge in [-0.3, -0.25) is 0 Å². The monoisotopic (exact) mass is 226 g/mol. The van der Waals surface area contributed by atoms with Crippen LogP contribution in [0.2, 0.25) is 0 Å². The van der Waals surface area contributed by atoms with E-state index < -0.39 is 0 Å². The van der Waals surface area contributed by atoms with Crippen LogP contribution in [0.4, 0.5) is 0 Å². The maximum Gasteiger partial charge on any atom is 0.115 e. The maximum atomic E-state index is 5.21. The highest BCUT2D eigenvalue weighted by Gasteiger charge is 2.06. The molecule has 0 bridgehead atoms. The normalized spacial score (nSPS) is 10.7. The van der Waals surface area contributed by atoms with Gasteiger partial charge in [0.25, 0.3) is 0 Å². The van der Waals surface area contributed by atoms with Crippen LogP contribution in [-0.2, 0) is 0 Å². The van der Waals surface area contributed by atoms with Gasteiger partial charge >= 0.3 is 0 Å². The molecule has 0 spiro atoms. The fourth-order valence-corrected chi connectivity index (χ4v) is 3.32. The topological polar surface area (TPSA) is 26.3 Å². The second-order valence-electron chi connectivity index (χ2n) is 2.85. The van der Waals surface area contributed by atoms with E-state index in [2.05, 4.69) is 0 Å². The van der Waals surface area contributed by atoms with Crippen molar-refractivity contribution in [1.82, 2.24) is 0 Å². The molecule has 0 aliphatic rings. The second kappa shape index (κ2) is 4.19. The van der Waals surface area contributed by atoms with Crippen molar-refractivity contribution in [3.8, 4) is 0 Å². The highest BCUT2D eigenvalue weighted by molar-refractivity contribution is 8.76. The van der Waals surface area contributed by atoms with Crippen molar-refractivity contribution >= 4 is 21.6 Å². The van der Waals surface area contributed by atoms with Crippen LogP contribution in [0.1, 0.15) is 11.5 Å². The van der Waals surface area contributed by atoms with E-state index in [-0.39, 0.29) is 0 Å². The summed E-state index contributed by atoms with van der Waals surface area (Å²) in [5.74, 6) is 1.92. The second-order valence-corrected chi connectivity index (χ2v) is 5.06. The van der Waals surface area contributed by atoms with Gasteiger partial charge in [-0.1, -0.05) is 0 Å². The molecule has 2 rings (SSSR count). The molecule has 0 aliphatic carbocycles. The first-order valence-corrected chi connectivity index (χ1v) is 6.35. The summed E-state index contributed by atoms with van der Waals surface area (Å²) in [5, 5.41) is 0. The molecule has 2 heterocycles. The third kappa shape index (κ3) is 2.01. The first-order valence-electron chi connectivity index (χ1n) is 4.20. The number of hydrogen-bond acceptors (Lipinski definition) is 4. The van der Waals surface area contributed by atoms with Gasteiger partial charge in [0.15, 0.2) is 0 Å². The predicted molar refractivity (Wildman–Crippen MR) is 58.6 cm³/mol. The van der Waals surface area contributed by atoms with E-state index in [9.17, 15) is 0 Å². The largest absolute Gasteiger partial charge is 0.468 e. The standard InChI is InChI=1S/C10H10O2S2/c1-7-9(3-5-11-7)13-14-10-4-6-12-8(10)2/h3-6H,1-2H3. The summed E-state index contributed by atoms with van der Waals surface area (Å²) in [7, 11) is 3.38. The molecule has 74 valence electrons. The Morgan fingerprint density at radius 2 is 1.29 bits per heavy atom. The highest BCUT2D eigenvalue weighted by atomic mass is 33.1. The molecular formula is C10H10O2S2. The molecule has 0 N–H and O–H groups in total. The van der Waals surface area contributed by atoms with Gasteiger partial charge in [0.1, 0.15) is 11.5 Å². The number of aryl methyl sites for hydroxylation is 2. The SMILES string of the molecule is Cc1occc1SSc1ccoc1C. The lowest BCUT2D eigenvalue weighted by atomic mass is 10.5. The summed E-state index contributed by atoms with van der Waals surface area (Å²) in [6.45, 7) is 3.93. The van der Waals surface area contributed by atoms with Crippen molar-refractivity contribution in [2.45, 2.75) is 23.6 Å². The zero-order valence-electron chi connectivity index (χ0n) is 7.94. The summed E-state index contributed by atoms with van der Waals surface area (Å²) in [4.78, 5) is 2.33. The van der Waals surface area contributed by atoms with Gasteiger partial charge in [-0.25, -0.2) is 0 Å². The van der Waals surface area contributed by atoms with Crippen molar-refractivity contribution in [3.05, 3.63) is 36.2 Å². The average Bonchev–Trinajstić information content (AvgIpc) is 2.72. The third-order valence-electron chi connectivity index (χ3n) is 1.84. The molecule has 0 aliphatic heterocycles. The minimum Gasteiger partial charge on any atom is -0.468 e. The van der Waals surface area contributed by atoms with E-state index in [1.165, 1.54) is 0 Å². The number of rotatable bonds is 3. The van der Waals surface area contributed by atoms with Crippen molar-refractivity contribution in [2.24, 2.45) is 0 Å². The maximum absolute atomic E-state index is 5.21. The Hall–Kier alpha value is -0.740. The lowest BCUT2D eigenvalue weighted by Crippen LogP contribution is -1.68. The number of furan rings is 2. The van der Waals surface area contributed by atoms with Crippen LogP contribution in [0.3, 0.4) is 0 Å². The highest BCUT2D eigenvalue weighted by Crippen LogP contribution is 2.40. The quantitative estimate of drug-likeness (QED) is 0.729. The summed E-state index contributed by atoms with van der Waals surface area (Å²) in [6.07, 6.45) is 3.42. The molecule has 0 radical (unpaired) electrons. The molecule has 2 aromatic heterocycles. The molecule has 0 fully saturated rings. The Morgan fingerprint density at radius 1 is 0.857 bits per heavy atom. The molecule has 0 saturated heterocycles. The fraction of sp³-hybridized carbons (Fsp3) is 0.200. The summed E-state index contributed by atoms with van der Waals surface area (Å²) < 4.78 is 10.4. The summed E-state index contributed by atoms with van der Waals surface area (Å²) >= 11 is 0. The van der Waals surface area contributed by atoms with Crippen LogP contribution in [0.5, 0.6) is 0 Å². The zero-order valence-corrected chi connectivity index (χ0v) is 9.58. The van der Waals surface area contributed by atoms with Crippen LogP contribution < -0.4 is 0 Å². The van der Waals surface area contributed by atoms with E-state index in [0.717, 1.165) is 21.3 Å². The van der Waals surface area contributed by atoms with Gasteiger partial charge in [0.2, 0.25) is 0 Å². The van der Waals surface area contributed by atoms with Crippen molar-refractivity contribution in [1.29, 1.82) is 0 Å². The Balaban J connectivity index is 2.02. The van der Waals surface area contributed by atoms with Crippen LogP contribution in [-0.4, -0.2) is 0 Å². The van der Waals surface area contributed by atoms with E-state index in [0.29, 0.717) is 0 Å². The minimum absolute atomic E-state index is 0.962. The molecule has 0 saturated carbocycles. The molecule has 14 heavy (non-hydrogen) atoms. The Morgan fingerprint density at radius 3 is 1.57 bits per heavy atom. The molecule has 0 atom stereocenters. The van der Waals surface area contributed by atoms with Gasteiger partial charge in [-0.05, 0) is 47.6 Å².